The van der Waals surface area contributed by atoms with Crippen molar-refractivity contribution in [3.63, 3.8) is 0 Å². The third-order valence-corrected chi connectivity index (χ3v) is 10.1. The molecular formula is C26H18N5O13S4. The van der Waals surface area contributed by atoms with E-state index in [1.165, 1.54) is 30.3 Å². The number of hydrogen-bond donors (Lipinski definition) is 5. The van der Waals surface area contributed by atoms with E-state index in [1.807, 2.05) is 0 Å². The van der Waals surface area contributed by atoms with E-state index in [2.05, 4.69) is 20.5 Å². The number of azo groups is 2. The fraction of sp³-hybridized carbons (Fsp3) is 0. The van der Waals surface area contributed by atoms with Crippen molar-refractivity contribution < 1.29 is 57.0 Å². The topological polar surface area (TPSA) is 311 Å². The summed E-state index contributed by atoms with van der Waals surface area (Å²) >= 11 is 0. The minimum atomic E-state index is -5.19. The van der Waals surface area contributed by atoms with Crippen molar-refractivity contribution in [3.8, 4) is 5.75 Å². The Hall–Kier alpha value is -4.94. The number of nitrogens with zero attached hydrogens (tertiary/aromatic N) is 4. The lowest BCUT2D eigenvalue weighted by atomic mass is 10.1. The Balaban J connectivity index is 1.68. The fourth-order valence-corrected chi connectivity index (χ4v) is 6.67. The van der Waals surface area contributed by atoms with Crippen LogP contribution < -0.4 is 5.73 Å². The largest absolute Gasteiger partial charge is 0.505 e. The van der Waals surface area contributed by atoms with Crippen LogP contribution in [-0.2, 0) is 40.5 Å². The lowest BCUT2D eigenvalue weighted by Gasteiger charge is -2.11. The van der Waals surface area contributed by atoms with Crippen LogP contribution in [0.4, 0.5) is 28.4 Å². The zero-order valence-electron chi connectivity index (χ0n) is 23.4. The molecule has 0 spiro atoms. The van der Waals surface area contributed by atoms with Gasteiger partial charge in [0.25, 0.3) is 40.5 Å². The van der Waals surface area contributed by atoms with Crippen molar-refractivity contribution in [1.82, 2.24) is 5.73 Å². The highest BCUT2D eigenvalue weighted by Crippen LogP contribution is 2.44. The molecule has 0 saturated carbocycles. The molecule has 6 N–H and O–H groups in total. The second-order valence-electron chi connectivity index (χ2n) is 9.75. The molecule has 0 aliphatic rings. The van der Waals surface area contributed by atoms with Gasteiger partial charge in [-0.1, -0.05) is 6.07 Å². The Labute approximate surface area is 270 Å². The van der Waals surface area contributed by atoms with Gasteiger partial charge in [-0.05, 0) is 72.1 Å². The minimum Gasteiger partial charge on any atom is -0.505 e. The smallest absolute Gasteiger partial charge is 0.296 e. The van der Waals surface area contributed by atoms with Crippen LogP contribution in [0.25, 0.3) is 21.5 Å². The molecule has 1 radical (unpaired) electrons. The lowest BCUT2D eigenvalue weighted by Crippen LogP contribution is -2.02. The third kappa shape index (κ3) is 6.99. The molecule has 5 aromatic rings. The van der Waals surface area contributed by atoms with E-state index in [0.29, 0.717) is 12.1 Å². The summed E-state index contributed by atoms with van der Waals surface area (Å²) in [4.78, 5) is -2.95. The SMILES string of the molecule is [NH]c1cc2c(O)c(N=Nc3ccc(N=Nc4ccc(S(=O)(=O)O)cc4)c4ccc(S(=O)(=O)O)cc34)c(S(=O)(=O)O)cc2cc1S(=O)(=O)O. The highest BCUT2D eigenvalue weighted by Gasteiger charge is 2.25. The highest BCUT2D eigenvalue weighted by molar-refractivity contribution is 7.86. The normalized spacial score (nSPS) is 13.2. The van der Waals surface area contributed by atoms with Crippen molar-refractivity contribution in [3.05, 3.63) is 72.8 Å². The van der Waals surface area contributed by atoms with Crippen LogP contribution in [0.5, 0.6) is 5.75 Å². The van der Waals surface area contributed by atoms with Crippen LogP contribution in [0.15, 0.2) is 113 Å². The summed E-state index contributed by atoms with van der Waals surface area (Å²) in [6, 6.07) is 12.6. The van der Waals surface area contributed by atoms with Gasteiger partial charge in [0.05, 0.1) is 32.5 Å². The number of fused-ring (bicyclic) bond motifs is 2. The van der Waals surface area contributed by atoms with Gasteiger partial charge >= 0.3 is 0 Å². The number of nitrogens with one attached hydrogen (secondary N) is 1. The average molecular weight is 737 g/mol. The molecule has 0 aliphatic heterocycles. The first kappa shape index (κ1) is 34.4. The van der Waals surface area contributed by atoms with E-state index in [4.69, 9.17) is 10.3 Å². The molecule has 0 aromatic heterocycles. The molecule has 0 unspecified atom stereocenters. The maximum absolute atomic E-state index is 12.3. The molecular weight excluding hydrogens is 719 g/mol. The summed E-state index contributed by atoms with van der Waals surface area (Å²) in [5.41, 5.74) is 6.33. The van der Waals surface area contributed by atoms with E-state index >= 15 is 0 Å². The molecule has 48 heavy (non-hydrogen) atoms. The fourth-order valence-electron chi connectivity index (χ4n) is 4.41. The standard InChI is InChI=1S/C26H18N5O13S4/c27-20-12-18-13(9-23(20)47(39,40)41)10-24(48(42,43)44)25(26(18)32)31-30-22-8-7-21(17-6-5-16(11-19(17)22)46(36,37)38)29-28-14-1-3-15(4-2-14)45(33,34)35/h1-12,27,32H,(H,33,34,35)(H,36,37,38)(H,39,40,41)(H,42,43,44). The van der Waals surface area contributed by atoms with Crippen molar-refractivity contribution >= 4 is 90.5 Å². The first-order valence-electron chi connectivity index (χ1n) is 12.6. The summed E-state index contributed by atoms with van der Waals surface area (Å²) in [6.07, 6.45) is 0. The summed E-state index contributed by atoms with van der Waals surface area (Å²) in [6.45, 7) is 0. The maximum atomic E-state index is 12.3. The Bertz CT molecular complexity index is 2680. The maximum Gasteiger partial charge on any atom is 0.296 e. The molecule has 0 fully saturated rings. The summed E-state index contributed by atoms with van der Waals surface area (Å²) in [7, 11) is -19.4. The zero-order chi connectivity index (χ0) is 35.4. The lowest BCUT2D eigenvalue weighted by molar-refractivity contribution is 0.472. The predicted molar refractivity (Wildman–Crippen MR) is 166 cm³/mol. The van der Waals surface area contributed by atoms with Gasteiger partial charge in [0, 0.05) is 16.2 Å². The molecule has 0 heterocycles. The van der Waals surface area contributed by atoms with E-state index in [1.54, 1.807) is 0 Å². The number of hydrogen-bond acceptors (Lipinski definition) is 13. The second kappa shape index (κ2) is 11.9. The third-order valence-electron chi connectivity index (χ3n) is 6.61. The van der Waals surface area contributed by atoms with E-state index in [9.17, 15) is 52.4 Å². The van der Waals surface area contributed by atoms with Crippen LogP contribution in [0.1, 0.15) is 0 Å². The number of benzene rings is 5. The van der Waals surface area contributed by atoms with Crippen LogP contribution in [0, 0.1) is 0 Å². The molecule has 249 valence electrons. The van der Waals surface area contributed by atoms with Gasteiger partial charge < -0.3 is 5.11 Å². The second-order valence-corrected chi connectivity index (χ2v) is 15.4. The molecule has 0 atom stereocenters. The zero-order valence-corrected chi connectivity index (χ0v) is 26.6. The van der Waals surface area contributed by atoms with E-state index in [-0.39, 0.29) is 38.6 Å². The molecule has 0 saturated heterocycles. The molecule has 0 amide bonds. The van der Waals surface area contributed by atoms with E-state index in [0.717, 1.165) is 30.3 Å². The summed E-state index contributed by atoms with van der Waals surface area (Å²) in [5, 5.41) is 26.1. The van der Waals surface area contributed by atoms with Crippen LogP contribution in [0.2, 0.25) is 0 Å². The average Bonchev–Trinajstić information content (AvgIpc) is 2.97. The molecule has 0 bridgehead atoms. The molecule has 5 rings (SSSR count). The number of rotatable bonds is 8. The molecule has 18 nitrogen and oxygen atoms in total. The van der Waals surface area contributed by atoms with Gasteiger partial charge in [-0.3, -0.25) is 23.9 Å². The van der Waals surface area contributed by atoms with Crippen LogP contribution in [-0.4, -0.2) is 57.0 Å². The molecule has 0 aliphatic carbocycles. The Morgan fingerprint density at radius 1 is 0.500 bits per heavy atom. The minimum absolute atomic E-state index is 0.0491. The number of aromatic hydroxyl groups is 1. The van der Waals surface area contributed by atoms with Crippen molar-refractivity contribution in [1.29, 1.82) is 0 Å². The van der Waals surface area contributed by atoms with Gasteiger partial charge in [0.2, 0.25) is 0 Å². The highest BCUT2D eigenvalue weighted by atomic mass is 32.2. The van der Waals surface area contributed by atoms with Crippen molar-refractivity contribution in [2.24, 2.45) is 20.5 Å². The van der Waals surface area contributed by atoms with Gasteiger partial charge in [-0.2, -0.15) is 38.8 Å². The number of phenolic OH excluding ortho intramolecular Hbond substituents is 1. The predicted octanol–water partition coefficient (Wildman–Crippen LogP) is 5.43. The first-order valence-corrected chi connectivity index (χ1v) is 18.4. The van der Waals surface area contributed by atoms with Crippen LogP contribution in [0.3, 0.4) is 0 Å². The number of phenols is 1. The first-order chi connectivity index (χ1) is 22.1. The van der Waals surface area contributed by atoms with Gasteiger partial charge in [-0.25, -0.2) is 0 Å². The van der Waals surface area contributed by atoms with Gasteiger partial charge in [-0.15, -0.1) is 15.3 Å². The van der Waals surface area contributed by atoms with Gasteiger partial charge in [0.15, 0.2) is 5.75 Å². The Morgan fingerprint density at radius 2 is 1.02 bits per heavy atom. The molecule has 22 heteroatoms. The van der Waals surface area contributed by atoms with Crippen molar-refractivity contribution in [2.75, 3.05) is 0 Å². The Kier molecular flexibility index (Phi) is 8.56. The molecule has 5 aromatic carbocycles. The van der Waals surface area contributed by atoms with E-state index < -0.39 is 77.2 Å². The summed E-state index contributed by atoms with van der Waals surface area (Å²) < 4.78 is 132. The van der Waals surface area contributed by atoms with Gasteiger partial charge in [0.1, 0.15) is 15.5 Å². The van der Waals surface area contributed by atoms with Crippen LogP contribution >= 0.6 is 0 Å². The quantitative estimate of drug-likeness (QED) is 0.0981. The monoisotopic (exact) mass is 736 g/mol. The Morgan fingerprint density at radius 3 is 1.58 bits per heavy atom. The van der Waals surface area contributed by atoms with Crippen molar-refractivity contribution in [2.45, 2.75) is 19.6 Å². The summed E-state index contributed by atoms with van der Waals surface area (Å²) in [5.74, 6) is -0.965.